The van der Waals surface area contributed by atoms with E-state index in [4.69, 9.17) is 4.74 Å². The van der Waals surface area contributed by atoms with Crippen LogP contribution < -0.4 is 0 Å². The Bertz CT molecular complexity index is 441. The summed E-state index contributed by atoms with van der Waals surface area (Å²) in [5, 5.41) is 0. The van der Waals surface area contributed by atoms with Gasteiger partial charge in [-0.2, -0.15) is 0 Å². The molecule has 1 aliphatic heterocycles. The van der Waals surface area contributed by atoms with Crippen LogP contribution in [0.15, 0.2) is 23.6 Å². The third-order valence-corrected chi connectivity index (χ3v) is 2.41. The summed E-state index contributed by atoms with van der Waals surface area (Å²) in [4.78, 5) is 24.0. The standard InChI is InChI=1S/C14H20FNO4/c1-5-19-12(17)7-6-11(15)10-8-16(9-10)13(18)20-14(2,3)4/h6-7H,5,8-9H2,1-4H3/b7-6+. The van der Waals surface area contributed by atoms with Gasteiger partial charge in [-0.25, -0.2) is 14.0 Å². The van der Waals surface area contributed by atoms with E-state index >= 15 is 0 Å². The minimum absolute atomic E-state index is 0.175. The quantitative estimate of drug-likeness (QED) is 0.591. The van der Waals surface area contributed by atoms with Crippen LogP contribution in [0.2, 0.25) is 0 Å². The lowest BCUT2D eigenvalue weighted by atomic mass is 10.1. The first-order valence-electron chi connectivity index (χ1n) is 6.43. The number of hydrogen-bond donors (Lipinski definition) is 0. The zero-order chi connectivity index (χ0) is 15.3. The van der Waals surface area contributed by atoms with Crippen LogP contribution in [0.5, 0.6) is 0 Å². The molecule has 0 aliphatic carbocycles. The highest BCUT2D eigenvalue weighted by Gasteiger charge is 2.31. The maximum Gasteiger partial charge on any atom is 0.410 e. The fourth-order valence-corrected chi connectivity index (χ4v) is 1.47. The second-order valence-corrected chi connectivity index (χ2v) is 5.37. The third kappa shape index (κ3) is 5.03. The summed E-state index contributed by atoms with van der Waals surface area (Å²) >= 11 is 0. The number of nitrogens with zero attached hydrogens (tertiary/aromatic N) is 1. The summed E-state index contributed by atoms with van der Waals surface area (Å²) in [5.41, 5.74) is -0.116. The second kappa shape index (κ2) is 6.54. The minimum atomic E-state index is -0.591. The molecule has 5 nitrogen and oxygen atoms in total. The van der Waals surface area contributed by atoms with E-state index in [9.17, 15) is 14.0 Å². The topological polar surface area (TPSA) is 55.8 Å². The Morgan fingerprint density at radius 2 is 1.90 bits per heavy atom. The summed E-state index contributed by atoms with van der Waals surface area (Å²) in [6, 6.07) is 0. The van der Waals surface area contributed by atoms with Crippen molar-refractivity contribution in [3.8, 4) is 0 Å². The van der Waals surface area contributed by atoms with Crippen molar-refractivity contribution in [2.75, 3.05) is 19.7 Å². The van der Waals surface area contributed by atoms with Gasteiger partial charge < -0.3 is 9.47 Å². The number of carbonyl (C=O) groups is 2. The van der Waals surface area contributed by atoms with Crippen molar-refractivity contribution in [1.29, 1.82) is 0 Å². The van der Waals surface area contributed by atoms with E-state index < -0.39 is 23.5 Å². The first-order chi connectivity index (χ1) is 9.23. The van der Waals surface area contributed by atoms with Gasteiger partial charge in [0.1, 0.15) is 11.4 Å². The van der Waals surface area contributed by atoms with Crippen molar-refractivity contribution in [3.05, 3.63) is 23.6 Å². The molecule has 0 aromatic rings. The Kier molecular flexibility index (Phi) is 5.30. The van der Waals surface area contributed by atoms with Crippen molar-refractivity contribution >= 4 is 12.1 Å². The van der Waals surface area contributed by atoms with E-state index in [1.54, 1.807) is 27.7 Å². The smallest absolute Gasteiger partial charge is 0.410 e. The molecule has 0 unspecified atom stereocenters. The van der Waals surface area contributed by atoms with Gasteiger partial charge in [0, 0.05) is 11.6 Å². The van der Waals surface area contributed by atoms with Gasteiger partial charge in [-0.1, -0.05) is 0 Å². The predicted molar refractivity (Wildman–Crippen MR) is 71.7 cm³/mol. The highest BCUT2D eigenvalue weighted by Crippen LogP contribution is 2.22. The fraction of sp³-hybridized carbons (Fsp3) is 0.571. The van der Waals surface area contributed by atoms with E-state index in [0.717, 1.165) is 12.2 Å². The molecule has 1 aliphatic rings. The molecule has 20 heavy (non-hydrogen) atoms. The van der Waals surface area contributed by atoms with Gasteiger partial charge >= 0.3 is 12.1 Å². The summed E-state index contributed by atoms with van der Waals surface area (Å²) in [6.45, 7) is 7.57. The van der Waals surface area contributed by atoms with Gasteiger partial charge in [0.2, 0.25) is 0 Å². The molecule has 0 aromatic heterocycles. The number of hydrogen-bond acceptors (Lipinski definition) is 4. The summed E-state index contributed by atoms with van der Waals surface area (Å²) in [6.07, 6.45) is 1.62. The number of halogens is 1. The van der Waals surface area contributed by atoms with E-state index in [0.29, 0.717) is 5.57 Å². The largest absolute Gasteiger partial charge is 0.463 e. The van der Waals surface area contributed by atoms with Crippen molar-refractivity contribution in [1.82, 2.24) is 4.90 Å². The first kappa shape index (κ1) is 16.2. The zero-order valence-electron chi connectivity index (χ0n) is 12.2. The Morgan fingerprint density at radius 3 is 2.40 bits per heavy atom. The molecule has 0 bridgehead atoms. The van der Waals surface area contributed by atoms with Crippen LogP contribution in [0.3, 0.4) is 0 Å². The first-order valence-corrected chi connectivity index (χ1v) is 6.43. The molecule has 6 heteroatoms. The zero-order valence-corrected chi connectivity index (χ0v) is 12.2. The maximum absolute atomic E-state index is 13.6. The Morgan fingerprint density at radius 1 is 1.30 bits per heavy atom. The predicted octanol–water partition coefficient (Wildman–Crippen LogP) is 2.58. The molecule has 0 N–H and O–H groups in total. The highest BCUT2D eigenvalue weighted by molar-refractivity contribution is 5.82. The SMILES string of the molecule is CCOC(=O)/C=C/C(F)=C1CN(C(=O)OC(C)(C)C)C1. The fourth-order valence-electron chi connectivity index (χ4n) is 1.47. The van der Waals surface area contributed by atoms with E-state index in [1.807, 2.05) is 0 Å². The van der Waals surface area contributed by atoms with Crippen molar-refractivity contribution in [2.24, 2.45) is 0 Å². The second-order valence-electron chi connectivity index (χ2n) is 5.37. The number of allylic oxidation sites excluding steroid dienone is 2. The average Bonchev–Trinajstić information content (AvgIpc) is 2.22. The van der Waals surface area contributed by atoms with Crippen LogP contribution in [0.4, 0.5) is 9.18 Å². The van der Waals surface area contributed by atoms with Gasteiger partial charge in [-0.15, -0.1) is 0 Å². The average molecular weight is 285 g/mol. The van der Waals surface area contributed by atoms with Crippen molar-refractivity contribution < 1.29 is 23.5 Å². The number of carbonyl (C=O) groups excluding carboxylic acids is 2. The maximum atomic E-state index is 13.6. The Balaban J connectivity index is 2.48. The van der Waals surface area contributed by atoms with Crippen LogP contribution in [0.1, 0.15) is 27.7 Å². The van der Waals surface area contributed by atoms with Crippen molar-refractivity contribution in [2.45, 2.75) is 33.3 Å². The monoisotopic (exact) mass is 285 g/mol. The van der Waals surface area contributed by atoms with Gasteiger partial charge in [-0.3, -0.25) is 4.90 Å². The van der Waals surface area contributed by atoms with Crippen LogP contribution in [0, 0.1) is 0 Å². The minimum Gasteiger partial charge on any atom is -0.463 e. The molecule has 1 rings (SSSR count). The lowest BCUT2D eigenvalue weighted by Crippen LogP contribution is -2.47. The van der Waals surface area contributed by atoms with Gasteiger partial charge in [0.15, 0.2) is 0 Å². The molecule has 1 saturated heterocycles. The van der Waals surface area contributed by atoms with Crippen molar-refractivity contribution in [3.63, 3.8) is 0 Å². The molecule has 1 fully saturated rings. The Labute approximate surface area is 118 Å². The molecule has 1 amide bonds. The van der Waals surface area contributed by atoms with Gasteiger partial charge in [0.25, 0.3) is 0 Å². The molecular formula is C14H20FNO4. The molecule has 1 heterocycles. The van der Waals surface area contributed by atoms with E-state index in [2.05, 4.69) is 4.74 Å². The molecule has 0 aromatic carbocycles. The van der Waals surface area contributed by atoms with E-state index in [-0.39, 0.29) is 19.7 Å². The van der Waals surface area contributed by atoms with Crippen LogP contribution in [0.25, 0.3) is 0 Å². The van der Waals surface area contributed by atoms with E-state index in [1.165, 1.54) is 4.90 Å². The number of likely N-dealkylation sites (tertiary alicyclic amines) is 1. The molecular weight excluding hydrogens is 265 g/mol. The van der Waals surface area contributed by atoms with Crippen LogP contribution in [-0.2, 0) is 14.3 Å². The van der Waals surface area contributed by atoms with Crippen LogP contribution in [-0.4, -0.2) is 42.3 Å². The normalized spacial score (nSPS) is 15.1. The molecule has 0 radical (unpaired) electrons. The molecule has 0 atom stereocenters. The third-order valence-electron chi connectivity index (χ3n) is 2.41. The number of esters is 1. The Hall–Kier alpha value is -1.85. The number of ether oxygens (including phenoxy) is 2. The van der Waals surface area contributed by atoms with Crippen LogP contribution >= 0.6 is 0 Å². The van der Waals surface area contributed by atoms with Gasteiger partial charge in [-0.05, 0) is 33.8 Å². The molecule has 0 saturated carbocycles. The molecule has 112 valence electrons. The highest BCUT2D eigenvalue weighted by atomic mass is 19.1. The summed E-state index contributed by atoms with van der Waals surface area (Å²) in [7, 11) is 0. The number of rotatable bonds is 3. The summed E-state index contributed by atoms with van der Waals surface area (Å²) in [5.74, 6) is -1.11. The number of amides is 1. The summed E-state index contributed by atoms with van der Waals surface area (Å²) < 4.78 is 23.4. The van der Waals surface area contributed by atoms with Gasteiger partial charge in [0.05, 0.1) is 19.7 Å². The molecule has 0 spiro atoms. The lowest BCUT2D eigenvalue weighted by molar-refractivity contribution is -0.137. The lowest BCUT2D eigenvalue weighted by Gasteiger charge is -2.35.